The molecule has 0 saturated carbocycles. The van der Waals surface area contributed by atoms with Crippen molar-refractivity contribution in [2.75, 3.05) is 23.7 Å². The van der Waals surface area contributed by atoms with Gasteiger partial charge in [0.15, 0.2) is 0 Å². The highest BCUT2D eigenvalue weighted by molar-refractivity contribution is 7.89. The van der Waals surface area contributed by atoms with Crippen molar-refractivity contribution in [2.45, 2.75) is 24.7 Å². The Balaban J connectivity index is 1.70. The molecule has 2 N–H and O–H groups in total. The van der Waals surface area contributed by atoms with Crippen molar-refractivity contribution in [3.05, 3.63) is 54.6 Å². The van der Waals surface area contributed by atoms with Crippen molar-refractivity contribution in [1.29, 1.82) is 0 Å². The normalized spacial score (nSPS) is 17.7. The highest BCUT2D eigenvalue weighted by Crippen LogP contribution is 2.25. The summed E-state index contributed by atoms with van der Waals surface area (Å²) in [4.78, 5) is 23.8. The molecule has 1 saturated heterocycles. The van der Waals surface area contributed by atoms with Gasteiger partial charge in [-0.25, -0.2) is 8.42 Å². The van der Waals surface area contributed by atoms with Crippen LogP contribution in [0.5, 0.6) is 0 Å². The molecule has 1 fully saturated rings. The van der Waals surface area contributed by atoms with Crippen LogP contribution in [0.2, 0.25) is 0 Å². The Morgan fingerprint density at radius 3 is 2.25 bits per heavy atom. The number of rotatable bonds is 5. The van der Waals surface area contributed by atoms with Gasteiger partial charge in [-0.2, -0.15) is 4.31 Å². The number of para-hydroxylation sites is 1. The molecule has 0 bridgehead atoms. The maximum Gasteiger partial charge on any atom is 0.243 e. The number of anilines is 2. The maximum absolute atomic E-state index is 13.0. The van der Waals surface area contributed by atoms with E-state index in [1.165, 1.54) is 23.4 Å². The molecule has 0 aromatic heterocycles. The van der Waals surface area contributed by atoms with Crippen molar-refractivity contribution < 1.29 is 18.0 Å². The smallest absolute Gasteiger partial charge is 0.243 e. The summed E-state index contributed by atoms with van der Waals surface area (Å²) in [6, 6.07) is 15.2. The molecule has 1 heterocycles. The van der Waals surface area contributed by atoms with Gasteiger partial charge in [0.25, 0.3) is 0 Å². The van der Waals surface area contributed by atoms with Crippen LogP contribution in [0.3, 0.4) is 0 Å². The van der Waals surface area contributed by atoms with Crippen molar-refractivity contribution in [3.8, 4) is 0 Å². The van der Waals surface area contributed by atoms with E-state index in [1.54, 1.807) is 24.3 Å². The number of sulfonamides is 1. The maximum atomic E-state index is 13.0. The fraction of sp³-hybridized carbons (Fsp3) is 0.300. The average Bonchev–Trinajstić information content (AvgIpc) is 2.69. The van der Waals surface area contributed by atoms with Crippen LogP contribution < -0.4 is 10.6 Å². The standard InChI is InChI=1S/C20H23N3O4S/c1-15(24)21-18-9-11-19(12-10-18)28(26,27)23-13-5-6-16(14-23)20(25)22-17-7-3-2-4-8-17/h2-4,7-12,16H,5-6,13-14H2,1H3,(H,21,24)(H,22,25)/t16-/m0/s1. The number of nitrogens with zero attached hydrogens (tertiary/aromatic N) is 1. The summed E-state index contributed by atoms with van der Waals surface area (Å²) in [5, 5.41) is 5.46. The summed E-state index contributed by atoms with van der Waals surface area (Å²) >= 11 is 0. The van der Waals surface area contributed by atoms with E-state index in [4.69, 9.17) is 0 Å². The fourth-order valence-electron chi connectivity index (χ4n) is 3.20. The molecule has 1 aliphatic heterocycles. The number of carbonyl (C=O) groups excluding carboxylic acids is 2. The van der Waals surface area contributed by atoms with Gasteiger partial charge in [0.2, 0.25) is 21.8 Å². The topological polar surface area (TPSA) is 95.6 Å². The first-order chi connectivity index (χ1) is 13.4. The summed E-state index contributed by atoms with van der Waals surface area (Å²) in [5.41, 5.74) is 1.23. The molecule has 0 aliphatic carbocycles. The van der Waals surface area contributed by atoms with Crippen molar-refractivity contribution in [3.63, 3.8) is 0 Å². The van der Waals surface area contributed by atoms with E-state index in [2.05, 4.69) is 10.6 Å². The third-order valence-corrected chi connectivity index (χ3v) is 6.49. The lowest BCUT2D eigenvalue weighted by molar-refractivity contribution is -0.121. The number of hydrogen-bond acceptors (Lipinski definition) is 4. The largest absolute Gasteiger partial charge is 0.326 e. The van der Waals surface area contributed by atoms with E-state index in [0.717, 1.165) is 0 Å². The molecule has 2 aromatic carbocycles. The van der Waals surface area contributed by atoms with E-state index in [0.29, 0.717) is 30.8 Å². The van der Waals surface area contributed by atoms with Gasteiger partial charge in [0.05, 0.1) is 10.8 Å². The SMILES string of the molecule is CC(=O)Nc1ccc(S(=O)(=O)N2CCC[C@H](C(=O)Nc3ccccc3)C2)cc1. The molecule has 0 unspecified atom stereocenters. The zero-order chi connectivity index (χ0) is 20.1. The van der Waals surface area contributed by atoms with E-state index in [-0.39, 0.29) is 23.3 Å². The summed E-state index contributed by atoms with van der Waals surface area (Å²) in [6.45, 7) is 1.92. The molecule has 8 heteroatoms. The molecular formula is C20H23N3O4S. The Bertz CT molecular complexity index is 943. The van der Waals surface area contributed by atoms with Crippen LogP contribution in [0.1, 0.15) is 19.8 Å². The van der Waals surface area contributed by atoms with Crippen LogP contribution in [-0.2, 0) is 19.6 Å². The second-order valence-corrected chi connectivity index (χ2v) is 8.70. The Morgan fingerprint density at radius 1 is 0.964 bits per heavy atom. The molecule has 2 amide bonds. The molecule has 0 spiro atoms. The predicted octanol–water partition coefficient (Wildman–Crippen LogP) is 2.68. The summed E-state index contributed by atoms with van der Waals surface area (Å²) in [7, 11) is -3.71. The van der Waals surface area contributed by atoms with E-state index < -0.39 is 15.9 Å². The van der Waals surface area contributed by atoms with Gasteiger partial charge >= 0.3 is 0 Å². The average molecular weight is 401 g/mol. The molecule has 2 aromatic rings. The highest BCUT2D eigenvalue weighted by Gasteiger charge is 2.33. The molecule has 0 radical (unpaired) electrons. The first-order valence-electron chi connectivity index (χ1n) is 9.10. The van der Waals surface area contributed by atoms with Gasteiger partial charge in [0.1, 0.15) is 0 Å². The third kappa shape index (κ3) is 4.76. The van der Waals surface area contributed by atoms with Crippen molar-refractivity contribution in [2.24, 2.45) is 5.92 Å². The van der Waals surface area contributed by atoms with Gasteiger partial charge in [-0.3, -0.25) is 9.59 Å². The first-order valence-corrected chi connectivity index (χ1v) is 10.5. The van der Waals surface area contributed by atoms with Crippen LogP contribution >= 0.6 is 0 Å². The van der Waals surface area contributed by atoms with E-state index >= 15 is 0 Å². The van der Waals surface area contributed by atoms with Crippen LogP contribution in [0.4, 0.5) is 11.4 Å². The molecule has 148 valence electrons. The number of benzene rings is 2. The zero-order valence-electron chi connectivity index (χ0n) is 15.6. The predicted molar refractivity (Wildman–Crippen MR) is 107 cm³/mol. The second kappa shape index (κ2) is 8.53. The number of nitrogens with one attached hydrogen (secondary N) is 2. The molecule has 28 heavy (non-hydrogen) atoms. The lowest BCUT2D eigenvalue weighted by atomic mass is 9.99. The minimum atomic E-state index is -3.71. The van der Waals surface area contributed by atoms with Crippen LogP contribution in [-0.4, -0.2) is 37.6 Å². The Labute approximate surface area is 164 Å². The van der Waals surface area contributed by atoms with Gasteiger partial charge in [-0.15, -0.1) is 0 Å². The van der Waals surface area contributed by atoms with E-state index in [9.17, 15) is 18.0 Å². The molecule has 1 atom stereocenters. The van der Waals surface area contributed by atoms with Crippen molar-refractivity contribution in [1.82, 2.24) is 4.31 Å². The van der Waals surface area contributed by atoms with Crippen LogP contribution in [0, 0.1) is 5.92 Å². The Morgan fingerprint density at radius 2 is 1.61 bits per heavy atom. The minimum Gasteiger partial charge on any atom is -0.326 e. The number of piperidine rings is 1. The zero-order valence-corrected chi connectivity index (χ0v) is 16.4. The monoisotopic (exact) mass is 401 g/mol. The lowest BCUT2D eigenvalue weighted by Gasteiger charge is -2.31. The van der Waals surface area contributed by atoms with Crippen molar-refractivity contribution >= 4 is 33.2 Å². The summed E-state index contributed by atoms with van der Waals surface area (Å²) in [5.74, 6) is -0.798. The summed E-state index contributed by atoms with van der Waals surface area (Å²) < 4.78 is 27.3. The quantitative estimate of drug-likeness (QED) is 0.805. The fourth-order valence-corrected chi connectivity index (χ4v) is 4.73. The molecule has 3 rings (SSSR count). The third-order valence-electron chi connectivity index (χ3n) is 4.61. The number of carbonyl (C=O) groups is 2. The first kappa shape index (κ1) is 20.0. The molecular weight excluding hydrogens is 378 g/mol. The van der Waals surface area contributed by atoms with Gasteiger partial charge in [-0.05, 0) is 49.2 Å². The van der Waals surface area contributed by atoms with Gasteiger partial charge in [-0.1, -0.05) is 18.2 Å². The van der Waals surface area contributed by atoms with E-state index in [1.807, 2.05) is 18.2 Å². The number of hydrogen-bond donors (Lipinski definition) is 2. The number of amides is 2. The van der Waals surface area contributed by atoms with Gasteiger partial charge in [0, 0.05) is 31.4 Å². The lowest BCUT2D eigenvalue weighted by Crippen LogP contribution is -2.43. The molecule has 1 aliphatic rings. The Kier molecular flexibility index (Phi) is 6.11. The summed E-state index contributed by atoms with van der Waals surface area (Å²) in [6.07, 6.45) is 1.27. The highest BCUT2D eigenvalue weighted by atomic mass is 32.2. The van der Waals surface area contributed by atoms with Crippen LogP contribution in [0.25, 0.3) is 0 Å². The van der Waals surface area contributed by atoms with Gasteiger partial charge < -0.3 is 10.6 Å². The molecule has 7 nitrogen and oxygen atoms in total. The Hall–Kier alpha value is -2.71. The minimum absolute atomic E-state index is 0.144. The van der Waals surface area contributed by atoms with Crippen LogP contribution in [0.15, 0.2) is 59.5 Å². The second-order valence-electron chi connectivity index (χ2n) is 6.76.